The maximum Gasteiger partial charge on any atom is 0.265 e. The van der Waals surface area contributed by atoms with Gasteiger partial charge in [0.15, 0.2) is 0 Å². The van der Waals surface area contributed by atoms with Gasteiger partial charge in [0.05, 0.1) is 11.4 Å². The van der Waals surface area contributed by atoms with Crippen LogP contribution in [-0.2, 0) is 5.41 Å². The van der Waals surface area contributed by atoms with Gasteiger partial charge in [0, 0.05) is 35.3 Å². The lowest BCUT2D eigenvalue weighted by atomic mass is 9.32. The van der Waals surface area contributed by atoms with Crippen molar-refractivity contribution in [2.75, 3.05) is 0 Å². The molecular formula is C28H18BN3. The maximum atomic E-state index is 4.99. The summed E-state index contributed by atoms with van der Waals surface area (Å²) in [6.07, 6.45) is 5.70. The van der Waals surface area contributed by atoms with Crippen LogP contribution in [0, 0.1) is 0 Å². The summed E-state index contributed by atoms with van der Waals surface area (Å²) in [5, 5.41) is 0. The molecule has 32 heavy (non-hydrogen) atoms. The second-order valence-electron chi connectivity index (χ2n) is 8.42. The summed E-state index contributed by atoms with van der Waals surface area (Å²) >= 11 is 0. The zero-order valence-electron chi connectivity index (χ0n) is 17.3. The van der Waals surface area contributed by atoms with Crippen molar-refractivity contribution in [3.8, 4) is 11.1 Å². The standard InChI is InChI=1S/C28H18BN3/c1-2-9-19(10-3-1)29-24-15-5-4-13-22(24)28(23-14-8-18-32-27(23)29)25-20(11-6-16-30-25)21-12-7-17-31-26(21)28/h1-18H. The van der Waals surface area contributed by atoms with Crippen LogP contribution in [0.25, 0.3) is 11.1 Å². The van der Waals surface area contributed by atoms with E-state index in [9.17, 15) is 0 Å². The van der Waals surface area contributed by atoms with Crippen molar-refractivity contribution in [3.05, 3.63) is 132 Å². The van der Waals surface area contributed by atoms with E-state index in [0.717, 1.165) is 28.1 Å². The lowest BCUT2D eigenvalue weighted by molar-refractivity contribution is 0.714. The molecule has 0 radical (unpaired) electrons. The van der Waals surface area contributed by atoms with Gasteiger partial charge in [0.25, 0.3) is 6.71 Å². The zero-order valence-corrected chi connectivity index (χ0v) is 17.3. The van der Waals surface area contributed by atoms with E-state index in [0.29, 0.717) is 0 Å². The Morgan fingerprint density at radius 2 is 1.12 bits per heavy atom. The number of benzene rings is 2. The highest BCUT2D eigenvalue weighted by Gasteiger charge is 2.55. The SMILES string of the molecule is c1ccc(B2c3ccccc3C3(c4cccnc42)c2ncccc2-c2cccnc23)cc1. The minimum Gasteiger partial charge on any atom is -0.270 e. The average Bonchev–Trinajstić information content (AvgIpc) is 3.16. The van der Waals surface area contributed by atoms with Crippen molar-refractivity contribution in [3.63, 3.8) is 0 Å². The number of pyridine rings is 3. The largest absolute Gasteiger partial charge is 0.270 e. The molecule has 0 saturated heterocycles. The van der Waals surface area contributed by atoms with E-state index in [1.165, 1.54) is 22.1 Å². The molecule has 0 unspecified atom stereocenters. The summed E-state index contributed by atoms with van der Waals surface area (Å²) in [4.78, 5) is 14.9. The van der Waals surface area contributed by atoms with Gasteiger partial charge < -0.3 is 0 Å². The minimum absolute atomic E-state index is 0.0640. The van der Waals surface area contributed by atoms with Crippen molar-refractivity contribution in [2.24, 2.45) is 0 Å². The molecule has 1 spiro atoms. The Balaban J connectivity index is 1.67. The monoisotopic (exact) mass is 407 g/mol. The molecule has 4 heteroatoms. The van der Waals surface area contributed by atoms with Gasteiger partial charge in [-0.3, -0.25) is 15.0 Å². The molecule has 3 aromatic heterocycles. The predicted octanol–water partition coefficient (Wildman–Crippen LogP) is 3.06. The van der Waals surface area contributed by atoms with Gasteiger partial charge in [0.2, 0.25) is 0 Å². The van der Waals surface area contributed by atoms with E-state index in [4.69, 9.17) is 15.0 Å². The molecule has 3 nitrogen and oxygen atoms in total. The molecule has 0 saturated carbocycles. The fourth-order valence-corrected chi connectivity index (χ4v) is 5.80. The van der Waals surface area contributed by atoms with Gasteiger partial charge in [-0.05, 0) is 29.3 Å². The molecule has 148 valence electrons. The Hall–Kier alpha value is -4.05. The van der Waals surface area contributed by atoms with Crippen LogP contribution < -0.4 is 16.5 Å². The molecular weight excluding hydrogens is 389 g/mol. The fourth-order valence-electron chi connectivity index (χ4n) is 5.80. The molecule has 7 rings (SSSR count). The Labute approximate surface area is 186 Å². The van der Waals surface area contributed by atoms with Crippen LogP contribution >= 0.6 is 0 Å². The molecule has 2 aliphatic rings. The first-order valence-electron chi connectivity index (χ1n) is 10.9. The van der Waals surface area contributed by atoms with Crippen molar-refractivity contribution in [1.29, 1.82) is 0 Å². The average molecular weight is 407 g/mol. The molecule has 0 bridgehead atoms. The molecule has 5 aromatic rings. The number of hydrogen-bond donors (Lipinski definition) is 0. The van der Waals surface area contributed by atoms with Crippen LogP contribution in [-0.4, -0.2) is 21.7 Å². The summed E-state index contributed by atoms with van der Waals surface area (Å²) in [5.74, 6) is 0. The fraction of sp³-hybridized carbons (Fsp3) is 0.0357. The summed E-state index contributed by atoms with van der Waals surface area (Å²) in [7, 11) is 0. The van der Waals surface area contributed by atoms with Crippen molar-refractivity contribution in [1.82, 2.24) is 15.0 Å². The van der Waals surface area contributed by atoms with Crippen molar-refractivity contribution < 1.29 is 0 Å². The van der Waals surface area contributed by atoms with Crippen molar-refractivity contribution >= 4 is 23.2 Å². The second kappa shape index (κ2) is 6.48. The van der Waals surface area contributed by atoms with Crippen LogP contribution in [0.5, 0.6) is 0 Å². The molecule has 1 aliphatic heterocycles. The van der Waals surface area contributed by atoms with Crippen LogP contribution in [0.3, 0.4) is 0 Å². The van der Waals surface area contributed by atoms with Crippen LogP contribution in [0.1, 0.15) is 22.5 Å². The molecule has 1 aliphatic carbocycles. The first kappa shape index (κ1) is 17.6. The van der Waals surface area contributed by atoms with Gasteiger partial charge in [-0.1, -0.05) is 83.7 Å². The van der Waals surface area contributed by atoms with E-state index in [1.54, 1.807) is 0 Å². The Morgan fingerprint density at radius 1 is 0.531 bits per heavy atom. The number of fused-ring (bicyclic) bond motifs is 9. The number of aromatic nitrogens is 3. The maximum absolute atomic E-state index is 4.99. The Kier molecular flexibility index (Phi) is 3.56. The Bertz CT molecular complexity index is 1400. The quantitative estimate of drug-likeness (QED) is 0.393. The second-order valence-corrected chi connectivity index (χ2v) is 8.42. The summed E-state index contributed by atoms with van der Waals surface area (Å²) in [6, 6.07) is 32.1. The highest BCUT2D eigenvalue weighted by molar-refractivity contribution is 6.96. The van der Waals surface area contributed by atoms with Gasteiger partial charge in [-0.2, -0.15) is 0 Å². The smallest absolute Gasteiger partial charge is 0.265 e. The van der Waals surface area contributed by atoms with E-state index in [1.807, 2.05) is 36.8 Å². The summed E-state index contributed by atoms with van der Waals surface area (Å²) in [6.45, 7) is 0.0640. The van der Waals surface area contributed by atoms with Gasteiger partial charge >= 0.3 is 0 Å². The molecule has 0 N–H and O–H groups in total. The lowest BCUT2D eigenvalue weighted by Gasteiger charge is -2.40. The van der Waals surface area contributed by atoms with E-state index >= 15 is 0 Å². The number of hydrogen-bond acceptors (Lipinski definition) is 3. The van der Waals surface area contributed by atoms with Crippen LogP contribution in [0.15, 0.2) is 110 Å². The third-order valence-corrected chi connectivity index (χ3v) is 6.94. The summed E-state index contributed by atoms with van der Waals surface area (Å²) < 4.78 is 0. The third-order valence-electron chi connectivity index (χ3n) is 6.94. The minimum atomic E-state index is -0.571. The van der Waals surface area contributed by atoms with Crippen LogP contribution in [0.2, 0.25) is 0 Å². The predicted molar refractivity (Wildman–Crippen MR) is 128 cm³/mol. The van der Waals surface area contributed by atoms with Gasteiger partial charge in [0.1, 0.15) is 5.41 Å². The topological polar surface area (TPSA) is 38.7 Å². The van der Waals surface area contributed by atoms with Gasteiger partial charge in [-0.25, -0.2) is 0 Å². The molecule has 0 amide bonds. The molecule has 0 fully saturated rings. The van der Waals surface area contributed by atoms with E-state index < -0.39 is 5.41 Å². The number of nitrogens with zero attached hydrogens (tertiary/aromatic N) is 3. The normalized spacial score (nSPS) is 14.4. The molecule has 0 atom stereocenters. The first-order valence-corrected chi connectivity index (χ1v) is 10.9. The molecule has 2 aromatic carbocycles. The molecule has 4 heterocycles. The first-order chi connectivity index (χ1) is 15.9. The van der Waals surface area contributed by atoms with E-state index in [2.05, 4.69) is 72.8 Å². The summed E-state index contributed by atoms with van der Waals surface area (Å²) in [5.41, 5.74) is 9.82. The highest BCUT2D eigenvalue weighted by Crippen LogP contribution is 2.54. The zero-order chi connectivity index (χ0) is 21.1. The van der Waals surface area contributed by atoms with E-state index in [-0.39, 0.29) is 6.71 Å². The van der Waals surface area contributed by atoms with Crippen molar-refractivity contribution in [2.45, 2.75) is 5.41 Å². The van der Waals surface area contributed by atoms with Crippen LogP contribution in [0.4, 0.5) is 0 Å². The number of rotatable bonds is 1. The highest BCUT2D eigenvalue weighted by atomic mass is 14.8. The third kappa shape index (κ3) is 2.09. The van der Waals surface area contributed by atoms with Gasteiger partial charge in [-0.15, -0.1) is 0 Å². The lowest BCUT2D eigenvalue weighted by Crippen LogP contribution is -2.62. The Morgan fingerprint density at radius 3 is 1.88 bits per heavy atom.